The molecule has 2 aromatic rings. The van der Waals surface area contributed by atoms with E-state index in [4.69, 9.17) is 21.4 Å². The summed E-state index contributed by atoms with van der Waals surface area (Å²) >= 11 is 6.10. The highest BCUT2D eigenvalue weighted by Gasteiger charge is 2.16. The molecule has 106 valence electrons. The van der Waals surface area contributed by atoms with Crippen molar-refractivity contribution in [3.63, 3.8) is 0 Å². The number of carboxylic acid groups (broad SMARTS) is 1. The van der Waals surface area contributed by atoms with Gasteiger partial charge in [-0.15, -0.1) is 0 Å². The highest BCUT2D eigenvalue weighted by molar-refractivity contribution is 6.30. The van der Waals surface area contributed by atoms with Crippen molar-refractivity contribution in [2.24, 2.45) is 7.05 Å². The lowest BCUT2D eigenvalue weighted by Gasteiger charge is -2.09. The van der Waals surface area contributed by atoms with Crippen LogP contribution in [0.1, 0.15) is 27.4 Å². The molecule has 0 atom stereocenters. The molecule has 0 spiro atoms. The Morgan fingerprint density at radius 1 is 1.45 bits per heavy atom. The van der Waals surface area contributed by atoms with Gasteiger partial charge >= 0.3 is 5.97 Å². The molecule has 0 aliphatic heterocycles. The zero-order chi connectivity index (χ0) is 14.9. The van der Waals surface area contributed by atoms with Crippen molar-refractivity contribution in [3.05, 3.63) is 39.9 Å². The minimum atomic E-state index is -1.13. The number of pyridine rings is 1. The van der Waals surface area contributed by atoms with Crippen molar-refractivity contribution < 1.29 is 14.6 Å². The predicted octanol–water partition coefficient (Wildman–Crippen LogP) is 2.36. The van der Waals surface area contributed by atoms with Crippen molar-refractivity contribution in [2.75, 3.05) is 0 Å². The number of nitrogens with zero attached hydrogens (tertiary/aromatic N) is 3. The van der Waals surface area contributed by atoms with Gasteiger partial charge in [0.05, 0.1) is 5.69 Å². The Hall–Kier alpha value is -2.08. The third-order valence-electron chi connectivity index (χ3n) is 2.84. The number of aromatic carboxylic acids is 1. The van der Waals surface area contributed by atoms with Gasteiger partial charge in [0.25, 0.3) is 0 Å². The molecule has 0 amide bonds. The van der Waals surface area contributed by atoms with Crippen LogP contribution in [0.15, 0.2) is 12.1 Å². The average molecular weight is 296 g/mol. The fraction of sp³-hybridized carbons (Fsp3) is 0.308. The lowest BCUT2D eigenvalue weighted by molar-refractivity contribution is 0.0684. The number of carboxylic acids is 1. The Kier molecular flexibility index (Phi) is 3.94. The third kappa shape index (κ3) is 2.75. The summed E-state index contributed by atoms with van der Waals surface area (Å²) < 4.78 is 7.08. The number of aromatic nitrogens is 3. The number of hydrogen-bond acceptors (Lipinski definition) is 4. The first-order valence-electron chi connectivity index (χ1n) is 5.92. The number of rotatable bonds is 4. The van der Waals surface area contributed by atoms with Gasteiger partial charge in [-0.25, -0.2) is 9.78 Å². The molecule has 0 fully saturated rings. The van der Waals surface area contributed by atoms with Crippen LogP contribution in [0.4, 0.5) is 0 Å². The number of ether oxygens (including phenoxy) is 1. The molecule has 0 aliphatic carbocycles. The smallest absolute Gasteiger partial charge is 0.358 e. The van der Waals surface area contributed by atoms with Crippen LogP contribution in [0, 0.1) is 13.8 Å². The summed E-state index contributed by atoms with van der Waals surface area (Å²) in [6.45, 7) is 3.68. The predicted molar refractivity (Wildman–Crippen MR) is 73.2 cm³/mol. The molecular formula is C13H14ClN3O3. The summed E-state index contributed by atoms with van der Waals surface area (Å²) in [5.74, 6) is -0.917. The second kappa shape index (κ2) is 5.50. The Labute approximate surface area is 121 Å². The molecular weight excluding hydrogens is 282 g/mol. The maximum atomic E-state index is 11.1. The van der Waals surface area contributed by atoms with Crippen molar-refractivity contribution in [2.45, 2.75) is 20.5 Å². The van der Waals surface area contributed by atoms with E-state index in [-0.39, 0.29) is 18.1 Å². The maximum Gasteiger partial charge on any atom is 0.358 e. The largest absolute Gasteiger partial charge is 0.486 e. The molecule has 2 heterocycles. The van der Waals surface area contributed by atoms with Crippen LogP contribution in [0.25, 0.3) is 0 Å². The van der Waals surface area contributed by atoms with E-state index < -0.39 is 5.97 Å². The molecule has 20 heavy (non-hydrogen) atoms. The van der Waals surface area contributed by atoms with Gasteiger partial charge in [-0.3, -0.25) is 4.68 Å². The van der Waals surface area contributed by atoms with E-state index in [1.165, 1.54) is 0 Å². The summed E-state index contributed by atoms with van der Waals surface area (Å²) in [4.78, 5) is 15.1. The second-order valence-electron chi connectivity index (χ2n) is 4.37. The maximum absolute atomic E-state index is 11.1. The van der Waals surface area contributed by atoms with E-state index in [1.54, 1.807) is 30.8 Å². The fourth-order valence-corrected chi connectivity index (χ4v) is 2.03. The Morgan fingerprint density at radius 2 is 2.15 bits per heavy atom. The molecule has 0 saturated heterocycles. The SMILES string of the molecule is Cc1ccc(OCc2c(C)nn(C)c2Cl)c(C(=O)O)n1. The quantitative estimate of drug-likeness (QED) is 0.937. The second-order valence-corrected chi connectivity index (χ2v) is 4.73. The van der Waals surface area contributed by atoms with Crippen LogP contribution in [-0.4, -0.2) is 25.8 Å². The lowest BCUT2D eigenvalue weighted by Crippen LogP contribution is -2.07. The zero-order valence-corrected chi connectivity index (χ0v) is 12.1. The highest BCUT2D eigenvalue weighted by Crippen LogP contribution is 2.23. The van der Waals surface area contributed by atoms with Crippen LogP contribution in [0.5, 0.6) is 5.75 Å². The zero-order valence-electron chi connectivity index (χ0n) is 11.3. The van der Waals surface area contributed by atoms with Gasteiger partial charge in [0.2, 0.25) is 0 Å². The van der Waals surface area contributed by atoms with Crippen LogP contribution < -0.4 is 4.74 Å². The molecule has 2 rings (SSSR count). The molecule has 2 aromatic heterocycles. The summed E-state index contributed by atoms with van der Waals surface area (Å²) in [6, 6.07) is 3.28. The summed E-state index contributed by atoms with van der Waals surface area (Å²) in [7, 11) is 1.73. The van der Waals surface area contributed by atoms with E-state index in [0.717, 1.165) is 11.3 Å². The number of carbonyl (C=O) groups is 1. The topological polar surface area (TPSA) is 77.2 Å². The highest BCUT2D eigenvalue weighted by atomic mass is 35.5. The molecule has 7 heteroatoms. The summed E-state index contributed by atoms with van der Waals surface area (Å²) in [5, 5.41) is 13.8. The van der Waals surface area contributed by atoms with Crippen LogP contribution in [0.2, 0.25) is 5.15 Å². The minimum absolute atomic E-state index is 0.109. The van der Waals surface area contributed by atoms with Crippen molar-refractivity contribution in [1.82, 2.24) is 14.8 Å². The Morgan fingerprint density at radius 3 is 2.70 bits per heavy atom. The van der Waals surface area contributed by atoms with Crippen LogP contribution >= 0.6 is 11.6 Å². The molecule has 0 unspecified atom stereocenters. The molecule has 1 N–H and O–H groups in total. The van der Waals surface area contributed by atoms with Gasteiger partial charge in [0.1, 0.15) is 11.8 Å². The van der Waals surface area contributed by atoms with Crippen molar-refractivity contribution >= 4 is 17.6 Å². The van der Waals surface area contributed by atoms with Crippen molar-refractivity contribution in [3.8, 4) is 5.75 Å². The monoisotopic (exact) mass is 295 g/mol. The Balaban J connectivity index is 2.25. The van der Waals surface area contributed by atoms with Gasteiger partial charge in [-0.1, -0.05) is 11.6 Å². The number of halogens is 1. The van der Waals surface area contributed by atoms with E-state index in [9.17, 15) is 4.79 Å². The van der Waals surface area contributed by atoms with Gasteiger partial charge in [-0.2, -0.15) is 5.10 Å². The molecule has 0 radical (unpaired) electrons. The molecule has 0 bridgehead atoms. The summed E-state index contributed by atoms with van der Waals surface area (Å²) in [6.07, 6.45) is 0. The molecule has 0 aromatic carbocycles. The standard InChI is InChI=1S/C13H14ClN3O3/c1-7-4-5-10(11(15-7)13(18)19)20-6-9-8(2)16-17(3)12(9)14/h4-5H,6H2,1-3H3,(H,18,19). The van der Waals surface area contributed by atoms with E-state index in [1.807, 2.05) is 6.92 Å². The third-order valence-corrected chi connectivity index (χ3v) is 3.31. The molecule has 0 saturated carbocycles. The van der Waals surface area contributed by atoms with Crippen LogP contribution in [0.3, 0.4) is 0 Å². The fourth-order valence-electron chi connectivity index (χ4n) is 1.80. The van der Waals surface area contributed by atoms with Crippen LogP contribution in [-0.2, 0) is 13.7 Å². The Bertz CT molecular complexity index is 667. The minimum Gasteiger partial charge on any atom is -0.486 e. The van der Waals surface area contributed by atoms with E-state index in [2.05, 4.69) is 10.1 Å². The van der Waals surface area contributed by atoms with Gasteiger partial charge in [0.15, 0.2) is 11.4 Å². The molecule has 6 nitrogen and oxygen atoms in total. The lowest BCUT2D eigenvalue weighted by atomic mass is 10.2. The first kappa shape index (κ1) is 14.3. The number of aryl methyl sites for hydroxylation is 3. The van der Waals surface area contributed by atoms with Gasteiger partial charge in [-0.05, 0) is 26.0 Å². The van der Waals surface area contributed by atoms with E-state index in [0.29, 0.717) is 10.8 Å². The summed E-state index contributed by atoms with van der Waals surface area (Å²) in [5.41, 5.74) is 1.98. The van der Waals surface area contributed by atoms with E-state index >= 15 is 0 Å². The van der Waals surface area contributed by atoms with Gasteiger partial charge in [0, 0.05) is 18.3 Å². The molecule has 0 aliphatic rings. The first-order chi connectivity index (χ1) is 9.40. The van der Waals surface area contributed by atoms with Gasteiger partial charge < -0.3 is 9.84 Å². The number of hydrogen-bond donors (Lipinski definition) is 1. The van der Waals surface area contributed by atoms with Crippen molar-refractivity contribution in [1.29, 1.82) is 0 Å². The first-order valence-corrected chi connectivity index (χ1v) is 6.29. The normalized spacial score (nSPS) is 10.6. The average Bonchev–Trinajstić information content (AvgIpc) is 2.62.